The van der Waals surface area contributed by atoms with Crippen molar-refractivity contribution < 1.29 is 9.32 Å². The van der Waals surface area contributed by atoms with Gasteiger partial charge in [0, 0.05) is 26.2 Å². The van der Waals surface area contributed by atoms with E-state index in [2.05, 4.69) is 20.0 Å². The highest BCUT2D eigenvalue weighted by Gasteiger charge is 2.25. The van der Waals surface area contributed by atoms with Gasteiger partial charge in [-0.3, -0.25) is 9.69 Å². The molecule has 1 amide bonds. The fraction of sp³-hybridized carbons (Fsp3) is 0.375. The molecule has 0 spiro atoms. The summed E-state index contributed by atoms with van der Waals surface area (Å²) in [6.45, 7) is 5.46. The monoisotopic (exact) mass is 375 g/mol. The van der Waals surface area contributed by atoms with E-state index in [0.29, 0.717) is 31.3 Å². The number of hydrogen-bond donors (Lipinski definition) is 0. The molecule has 4 heterocycles. The van der Waals surface area contributed by atoms with Gasteiger partial charge in [0.05, 0.1) is 22.6 Å². The Morgan fingerprint density at radius 3 is 2.80 bits per heavy atom. The van der Waals surface area contributed by atoms with E-state index in [9.17, 15) is 4.79 Å². The van der Waals surface area contributed by atoms with Crippen LogP contribution < -0.4 is 0 Å². The van der Waals surface area contributed by atoms with Gasteiger partial charge in [-0.2, -0.15) is 4.98 Å². The second-order valence-corrected chi connectivity index (χ2v) is 7.63. The van der Waals surface area contributed by atoms with E-state index >= 15 is 0 Å². The van der Waals surface area contributed by atoms with Gasteiger partial charge in [0.25, 0.3) is 5.91 Å². The maximum absolute atomic E-state index is 12.5. The van der Waals surface area contributed by atoms with Crippen molar-refractivity contribution in [1.82, 2.24) is 24.9 Å². The van der Waals surface area contributed by atoms with Crippen LogP contribution in [0.4, 0.5) is 0 Å². The van der Waals surface area contributed by atoms with Gasteiger partial charge < -0.3 is 9.42 Å². The fourth-order valence-corrected chi connectivity index (χ4v) is 4.19. The Balaban J connectivity index is 1.33. The Kier molecular flexibility index (Phi) is 4.60. The standard InChI is InChI=1S/C16H17N5O2S2/c1-11-14(25-10-17-11)16(22)21-6-4-20(5-7-21)9-13-18-15(19-23-13)12-3-2-8-24-12/h2-3,8,10H,4-7,9H2,1H3. The molecule has 1 aliphatic heterocycles. The fourth-order valence-electron chi connectivity index (χ4n) is 2.78. The van der Waals surface area contributed by atoms with E-state index in [1.807, 2.05) is 29.3 Å². The first-order valence-electron chi connectivity index (χ1n) is 7.99. The van der Waals surface area contributed by atoms with Gasteiger partial charge in [0.2, 0.25) is 11.7 Å². The lowest BCUT2D eigenvalue weighted by Crippen LogP contribution is -2.48. The van der Waals surface area contributed by atoms with Crippen LogP contribution in [0.15, 0.2) is 27.5 Å². The quantitative estimate of drug-likeness (QED) is 0.697. The molecule has 0 N–H and O–H groups in total. The number of nitrogens with zero attached hydrogens (tertiary/aromatic N) is 5. The molecule has 0 unspecified atom stereocenters. The second kappa shape index (κ2) is 7.03. The van der Waals surface area contributed by atoms with Crippen molar-refractivity contribution in [3.63, 3.8) is 0 Å². The predicted octanol–water partition coefficient (Wildman–Crippen LogP) is 2.52. The summed E-state index contributed by atoms with van der Waals surface area (Å²) in [5.74, 6) is 1.33. The maximum Gasteiger partial charge on any atom is 0.265 e. The highest BCUT2D eigenvalue weighted by atomic mass is 32.1. The van der Waals surface area contributed by atoms with Crippen molar-refractivity contribution in [1.29, 1.82) is 0 Å². The first-order chi connectivity index (χ1) is 12.2. The van der Waals surface area contributed by atoms with Crippen LogP contribution in [0.3, 0.4) is 0 Å². The molecule has 0 aliphatic carbocycles. The Hall–Kier alpha value is -2.10. The molecule has 0 saturated carbocycles. The number of aromatic nitrogens is 3. The van der Waals surface area contributed by atoms with Crippen molar-refractivity contribution in [3.8, 4) is 10.7 Å². The smallest absolute Gasteiger partial charge is 0.265 e. The minimum atomic E-state index is 0.0809. The Morgan fingerprint density at radius 1 is 1.28 bits per heavy atom. The van der Waals surface area contributed by atoms with Crippen molar-refractivity contribution in [3.05, 3.63) is 39.5 Å². The summed E-state index contributed by atoms with van der Waals surface area (Å²) in [5.41, 5.74) is 2.53. The van der Waals surface area contributed by atoms with E-state index < -0.39 is 0 Å². The topological polar surface area (TPSA) is 75.4 Å². The normalized spacial score (nSPS) is 15.6. The van der Waals surface area contributed by atoms with Crippen LogP contribution >= 0.6 is 22.7 Å². The average Bonchev–Trinajstić information content (AvgIpc) is 3.36. The van der Waals surface area contributed by atoms with Gasteiger partial charge >= 0.3 is 0 Å². The van der Waals surface area contributed by atoms with Gasteiger partial charge in [0.1, 0.15) is 4.88 Å². The second-order valence-electron chi connectivity index (χ2n) is 5.82. The van der Waals surface area contributed by atoms with Gasteiger partial charge in [-0.15, -0.1) is 22.7 Å². The third kappa shape index (κ3) is 3.48. The van der Waals surface area contributed by atoms with E-state index in [-0.39, 0.29) is 5.91 Å². The summed E-state index contributed by atoms with van der Waals surface area (Å²) < 4.78 is 5.36. The zero-order valence-electron chi connectivity index (χ0n) is 13.7. The van der Waals surface area contributed by atoms with Crippen LogP contribution in [0, 0.1) is 6.92 Å². The van der Waals surface area contributed by atoms with Crippen LogP contribution in [-0.2, 0) is 6.54 Å². The highest BCUT2D eigenvalue weighted by molar-refractivity contribution is 7.13. The third-order valence-electron chi connectivity index (χ3n) is 4.17. The highest BCUT2D eigenvalue weighted by Crippen LogP contribution is 2.22. The van der Waals surface area contributed by atoms with Crippen molar-refractivity contribution >= 4 is 28.6 Å². The molecule has 0 radical (unpaired) electrons. The number of carbonyl (C=O) groups is 1. The van der Waals surface area contributed by atoms with Crippen molar-refractivity contribution in [2.45, 2.75) is 13.5 Å². The number of amides is 1. The first-order valence-corrected chi connectivity index (χ1v) is 9.75. The van der Waals surface area contributed by atoms with Gasteiger partial charge in [0.15, 0.2) is 0 Å². The Labute approximate surface area is 152 Å². The molecule has 25 heavy (non-hydrogen) atoms. The number of thiophene rings is 1. The number of thiazole rings is 1. The van der Waals surface area contributed by atoms with Gasteiger partial charge in [-0.05, 0) is 18.4 Å². The average molecular weight is 375 g/mol. The van der Waals surface area contributed by atoms with Crippen molar-refractivity contribution in [2.24, 2.45) is 0 Å². The number of carbonyl (C=O) groups excluding carboxylic acids is 1. The van der Waals surface area contributed by atoms with Crippen LogP contribution in [0.25, 0.3) is 10.7 Å². The Bertz CT molecular complexity index is 850. The molecular formula is C16H17N5O2S2. The number of hydrogen-bond acceptors (Lipinski definition) is 8. The van der Waals surface area contributed by atoms with Crippen LogP contribution in [0.1, 0.15) is 21.3 Å². The van der Waals surface area contributed by atoms with E-state index in [4.69, 9.17) is 4.52 Å². The molecule has 4 rings (SSSR count). The Morgan fingerprint density at radius 2 is 2.12 bits per heavy atom. The lowest BCUT2D eigenvalue weighted by atomic mass is 10.2. The predicted molar refractivity (Wildman–Crippen MR) is 95.6 cm³/mol. The minimum absolute atomic E-state index is 0.0809. The molecule has 1 saturated heterocycles. The molecule has 1 aliphatic rings. The molecule has 1 fully saturated rings. The molecule has 130 valence electrons. The SMILES string of the molecule is Cc1ncsc1C(=O)N1CCN(Cc2nc(-c3cccs3)no2)CC1. The zero-order valence-corrected chi connectivity index (χ0v) is 15.3. The number of piperazine rings is 1. The summed E-state index contributed by atoms with van der Waals surface area (Å²) in [6, 6.07) is 3.95. The lowest BCUT2D eigenvalue weighted by molar-refractivity contribution is 0.0619. The molecule has 3 aromatic heterocycles. The number of aryl methyl sites for hydroxylation is 1. The molecule has 3 aromatic rings. The summed E-state index contributed by atoms with van der Waals surface area (Å²) >= 11 is 3.00. The number of rotatable bonds is 4. The molecule has 0 atom stereocenters. The maximum atomic E-state index is 12.5. The summed E-state index contributed by atoms with van der Waals surface area (Å²) in [6.07, 6.45) is 0. The van der Waals surface area contributed by atoms with Gasteiger partial charge in [-0.1, -0.05) is 11.2 Å². The van der Waals surface area contributed by atoms with Crippen LogP contribution in [-0.4, -0.2) is 57.0 Å². The van der Waals surface area contributed by atoms with Crippen LogP contribution in [0.2, 0.25) is 0 Å². The van der Waals surface area contributed by atoms with E-state index in [1.165, 1.54) is 11.3 Å². The van der Waals surface area contributed by atoms with Crippen LogP contribution in [0.5, 0.6) is 0 Å². The molecule has 0 aromatic carbocycles. The van der Waals surface area contributed by atoms with E-state index in [0.717, 1.165) is 28.5 Å². The van der Waals surface area contributed by atoms with Crippen molar-refractivity contribution in [2.75, 3.05) is 26.2 Å². The third-order valence-corrected chi connectivity index (χ3v) is 5.95. The molecule has 9 heteroatoms. The van der Waals surface area contributed by atoms with E-state index in [1.54, 1.807) is 16.8 Å². The zero-order chi connectivity index (χ0) is 17.2. The minimum Gasteiger partial charge on any atom is -0.338 e. The lowest BCUT2D eigenvalue weighted by Gasteiger charge is -2.33. The summed E-state index contributed by atoms with van der Waals surface area (Å²) in [7, 11) is 0. The largest absolute Gasteiger partial charge is 0.338 e. The van der Waals surface area contributed by atoms with Gasteiger partial charge in [-0.25, -0.2) is 4.98 Å². The summed E-state index contributed by atoms with van der Waals surface area (Å²) in [4.78, 5) is 27.0. The summed E-state index contributed by atoms with van der Waals surface area (Å²) in [5, 5.41) is 6.03. The molecular weight excluding hydrogens is 358 g/mol. The first kappa shape index (κ1) is 16.4. The molecule has 0 bridgehead atoms. The molecule has 7 nitrogen and oxygen atoms in total.